The first-order valence-electron chi connectivity index (χ1n) is 11.0. The Kier molecular flexibility index (Phi) is 6.38. The van der Waals surface area contributed by atoms with Gasteiger partial charge in [0.1, 0.15) is 0 Å². The number of aliphatic hydroxyl groups excluding tert-OH is 1. The van der Waals surface area contributed by atoms with E-state index in [2.05, 4.69) is 50.8 Å². The number of aliphatic hydroxyl groups is 1. The van der Waals surface area contributed by atoms with E-state index in [-0.39, 0.29) is 12.6 Å². The summed E-state index contributed by atoms with van der Waals surface area (Å²) in [6.45, 7) is 5.86. The van der Waals surface area contributed by atoms with Crippen molar-refractivity contribution in [3.05, 3.63) is 35.4 Å². The molecule has 28 heavy (non-hydrogen) atoms. The Bertz CT molecular complexity index is 701. The highest BCUT2D eigenvalue weighted by Crippen LogP contribution is 2.42. The number of hydrogen-bond donors (Lipinski definition) is 1. The van der Waals surface area contributed by atoms with Gasteiger partial charge in [0.05, 0.1) is 13.2 Å². The van der Waals surface area contributed by atoms with Crippen molar-refractivity contribution < 1.29 is 5.11 Å². The van der Waals surface area contributed by atoms with Crippen molar-refractivity contribution >= 4 is 0 Å². The summed E-state index contributed by atoms with van der Waals surface area (Å²) in [5.41, 5.74) is 2.45. The molecule has 1 N–H and O–H groups in total. The summed E-state index contributed by atoms with van der Waals surface area (Å²) in [6, 6.07) is 9.61. The Morgan fingerprint density at radius 1 is 1.11 bits per heavy atom. The molecule has 3 fully saturated rings. The largest absolute Gasteiger partial charge is 0.395 e. The molecule has 1 aliphatic carbocycles. The van der Waals surface area contributed by atoms with Crippen LogP contribution in [0.5, 0.6) is 0 Å². The smallest absolute Gasteiger partial charge is 0.0600 e. The minimum Gasteiger partial charge on any atom is -0.395 e. The summed E-state index contributed by atoms with van der Waals surface area (Å²) in [4.78, 5) is 7.36. The zero-order valence-electron chi connectivity index (χ0n) is 17.5. The Balaban J connectivity index is 1.47. The molecule has 3 aliphatic rings. The molecule has 0 radical (unpaired) electrons. The lowest BCUT2D eigenvalue weighted by atomic mass is 9.74. The van der Waals surface area contributed by atoms with Crippen LogP contribution in [0, 0.1) is 17.8 Å². The molecule has 0 unspecified atom stereocenters. The summed E-state index contributed by atoms with van der Waals surface area (Å²) in [5, 5.41) is 10.1. The second-order valence-electron chi connectivity index (χ2n) is 9.15. The van der Waals surface area contributed by atoms with E-state index in [0.29, 0.717) is 12.0 Å². The molecule has 4 rings (SSSR count). The van der Waals surface area contributed by atoms with Gasteiger partial charge in [-0.05, 0) is 76.5 Å². The lowest BCUT2D eigenvalue weighted by molar-refractivity contribution is -0.0649. The van der Waals surface area contributed by atoms with Crippen molar-refractivity contribution in [1.29, 1.82) is 0 Å². The molecule has 0 aromatic heterocycles. The third kappa shape index (κ3) is 4.60. The van der Waals surface area contributed by atoms with Crippen molar-refractivity contribution in [2.75, 3.05) is 53.4 Å². The maximum absolute atomic E-state index is 10.1. The van der Waals surface area contributed by atoms with Gasteiger partial charge in [-0.1, -0.05) is 24.0 Å². The van der Waals surface area contributed by atoms with Crippen molar-refractivity contribution in [3.63, 3.8) is 0 Å². The molecular weight excluding hydrogens is 346 g/mol. The van der Waals surface area contributed by atoms with Gasteiger partial charge in [-0.2, -0.15) is 0 Å². The average Bonchev–Trinajstić information content (AvgIpc) is 3.47. The van der Waals surface area contributed by atoms with Crippen molar-refractivity contribution in [3.8, 4) is 11.8 Å². The molecule has 152 valence electrons. The summed E-state index contributed by atoms with van der Waals surface area (Å²) in [7, 11) is 4.08. The topological polar surface area (TPSA) is 30.0 Å². The molecule has 1 saturated carbocycles. The van der Waals surface area contributed by atoms with Gasteiger partial charge in [0.2, 0.25) is 0 Å². The molecule has 1 aromatic rings. The van der Waals surface area contributed by atoms with E-state index in [4.69, 9.17) is 0 Å². The first-order chi connectivity index (χ1) is 13.7. The van der Waals surface area contributed by atoms with E-state index in [0.717, 1.165) is 31.1 Å². The highest BCUT2D eigenvalue weighted by molar-refractivity contribution is 5.39. The number of rotatable bonds is 5. The number of benzene rings is 1. The van der Waals surface area contributed by atoms with E-state index in [1.165, 1.54) is 44.3 Å². The maximum atomic E-state index is 10.1. The first-order valence-corrected chi connectivity index (χ1v) is 11.0. The lowest BCUT2D eigenvalue weighted by Crippen LogP contribution is -2.67. The van der Waals surface area contributed by atoms with Crippen LogP contribution in [0.1, 0.15) is 42.7 Å². The molecule has 0 bridgehead atoms. The summed E-state index contributed by atoms with van der Waals surface area (Å²) >= 11 is 0. The van der Waals surface area contributed by atoms with Crippen molar-refractivity contribution in [2.24, 2.45) is 5.92 Å². The predicted molar refractivity (Wildman–Crippen MR) is 114 cm³/mol. The molecule has 2 heterocycles. The monoisotopic (exact) mass is 381 g/mol. The normalized spacial score (nSPS) is 28.6. The third-order valence-corrected chi connectivity index (χ3v) is 6.59. The molecule has 3 atom stereocenters. The maximum Gasteiger partial charge on any atom is 0.0600 e. The molecule has 0 spiro atoms. The fourth-order valence-corrected chi connectivity index (χ4v) is 4.93. The number of hydrogen-bond acceptors (Lipinski definition) is 4. The quantitative estimate of drug-likeness (QED) is 0.793. The minimum atomic E-state index is 0.258. The molecule has 2 saturated heterocycles. The molecular formula is C24H35N3O. The molecule has 4 heteroatoms. The first kappa shape index (κ1) is 19.9. The van der Waals surface area contributed by atoms with Gasteiger partial charge in [-0.15, -0.1) is 0 Å². The third-order valence-electron chi connectivity index (χ3n) is 6.59. The lowest BCUT2D eigenvalue weighted by Gasteiger charge is -2.57. The minimum absolute atomic E-state index is 0.258. The van der Waals surface area contributed by atoms with Crippen LogP contribution in [0.4, 0.5) is 0 Å². The average molecular weight is 382 g/mol. The van der Waals surface area contributed by atoms with E-state index >= 15 is 0 Å². The van der Waals surface area contributed by atoms with Crippen molar-refractivity contribution in [2.45, 2.75) is 43.7 Å². The zero-order valence-corrected chi connectivity index (χ0v) is 17.5. The zero-order chi connectivity index (χ0) is 19.5. The van der Waals surface area contributed by atoms with Crippen LogP contribution in [0.3, 0.4) is 0 Å². The van der Waals surface area contributed by atoms with Crippen molar-refractivity contribution in [1.82, 2.24) is 14.7 Å². The highest BCUT2D eigenvalue weighted by Gasteiger charge is 2.49. The summed E-state index contributed by atoms with van der Waals surface area (Å²) in [5.74, 6) is 7.85. The highest BCUT2D eigenvalue weighted by atomic mass is 16.3. The van der Waals surface area contributed by atoms with Gasteiger partial charge in [0, 0.05) is 36.7 Å². The molecule has 0 amide bonds. The Morgan fingerprint density at radius 3 is 2.54 bits per heavy atom. The van der Waals surface area contributed by atoms with Crippen LogP contribution >= 0.6 is 0 Å². The molecule has 4 nitrogen and oxygen atoms in total. The fraction of sp³-hybridized carbons (Fsp3) is 0.667. The van der Waals surface area contributed by atoms with Gasteiger partial charge in [0.15, 0.2) is 0 Å². The number of fused-ring (bicyclic) bond motifs is 1. The Labute approximate surface area is 170 Å². The van der Waals surface area contributed by atoms with Crippen LogP contribution in [-0.2, 0) is 0 Å². The second kappa shape index (κ2) is 8.97. The Hall–Kier alpha value is -1.38. The second-order valence-corrected chi connectivity index (χ2v) is 9.15. The van der Waals surface area contributed by atoms with Gasteiger partial charge in [-0.3, -0.25) is 9.80 Å². The standard InChI is InChI=1S/C24H35N3O/c1-25(2)13-5-6-19-9-11-21(12-10-19)24-22-17-26(16-20-7-8-20)14-3-4-15-27(22)23(24)18-28/h9-12,20,22-24,28H,3-4,7-8,13-18H2,1-2H3/t22-,23-,24-/m1/s1. The predicted octanol–water partition coefficient (Wildman–Crippen LogP) is 2.23. The molecule has 1 aromatic carbocycles. The fourth-order valence-electron chi connectivity index (χ4n) is 4.93. The number of nitrogens with zero attached hydrogens (tertiary/aromatic N) is 3. The van der Waals surface area contributed by atoms with Gasteiger partial charge in [-0.25, -0.2) is 0 Å². The van der Waals surface area contributed by atoms with Gasteiger partial charge >= 0.3 is 0 Å². The van der Waals surface area contributed by atoms with Crippen LogP contribution in [0.2, 0.25) is 0 Å². The summed E-state index contributed by atoms with van der Waals surface area (Å²) in [6.07, 6.45) is 5.38. The van der Waals surface area contributed by atoms with E-state index < -0.39 is 0 Å². The molecule has 2 aliphatic heterocycles. The van der Waals surface area contributed by atoms with E-state index in [1.54, 1.807) is 0 Å². The van der Waals surface area contributed by atoms with Crippen LogP contribution in [0.25, 0.3) is 0 Å². The van der Waals surface area contributed by atoms with E-state index in [9.17, 15) is 5.11 Å². The van der Waals surface area contributed by atoms with Crippen LogP contribution in [-0.4, -0.2) is 85.3 Å². The van der Waals surface area contributed by atoms with Gasteiger partial charge < -0.3 is 10.0 Å². The SMILES string of the molecule is CN(C)CC#Cc1ccc([C@H]2[C@@H](CO)N3CCCCN(CC4CC4)C[C@H]23)cc1. The summed E-state index contributed by atoms with van der Waals surface area (Å²) < 4.78 is 0. The van der Waals surface area contributed by atoms with E-state index in [1.807, 2.05) is 14.1 Å². The van der Waals surface area contributed by atoms with Crippen LogP contribution < -0.4 is 0 Å². The van der Waals surface area contributed by atoms with Gasteiger partial charge in [0.25, 0.3) is 0 Å². The Morgan fingerprint density at radius 2 is 1.86 bits per heavy atom. The van der Waals surface area contributed by atoms with Crippen LogP contribution in [0.15, 0.2) is 24.3 Å².